The number of carbonyl (C=O) groups is 3. The van der Waals surface area contributed by atoms with Crippen LogP contribution in [0.1, 0.15) is 54.9 Å². The van der Waals surface area contributed by atoms with Gasteiger partial charge in [0.1, 0.15) is 6.61 Å². The van der Waals surface area contributed by atoms with E-state index in [0.29, 0.717) is 23.3 Å². The zero-order valence-corrected chi connectivity index (χ0v) is 20.3. The SMILES string of the molecule is CC[C@@]1(O)C(=O)OCc2c1cc1n(c2=O)Cc2c-1nc1ccccc1c2CCOC(=O)CCCC(=O)O. The average molecular weight is 507 g/mol. The highest BCUT2D eigenvalue weighted by atomic mass is 16.6. The number of nitrogens with zero attached hydrogens (tertiary/aromatic N) is 2. The smallest absolute Gasteiger partial charge is 0.343 e. The maximum absolute atomic E-state index is 13.5. The van der Waals surface area contributed by atoms with Gasteiger partial charge in [-0.2, -0.15) is 0 Å². The number of rotatable bonds is 8. The van der Waals surface area contributed by atoms with E-state index in [2.05, 4.69) is 0 Å². The molecular formula is C27H26N2O8. The Labute approximate surface area is 211 Å². The number of carboxylic acids is 1. The number of ether oxygens (including phenoxy) is 2. The minimum atomic E-state index is -1.90. The van der Waals surface area contributed by atoms with Crippen LogP contribution in [0, 0.1) is 0 Å². The van der Waals surface area contributed by atoms with Crippen molar-refractivity contribution in [2.24, 2.45) is 0 Å². The second kappa shape index (κ2) is 9.44. The Hall–Kier alpha value is -4.05. The lowest BCUT2D eigenvalue weighted by Crippen LogP contribution is -2.44. The van der Waals surface area contributed by atoms with Gasteiger partial charge >= 0.3 is 17.9 Å². The molecule has 37 heavy (non-hydrogen) atoms. The maximum atomic E-state index is 13.5. The van der Waals surface area contributed by atoms with Gasteiger partial charge in [0.2, 0.25) is 0 Å². The molecule has 0 aliphatic carbocycles. The van der Waals surface area contributed by atoms with Crippen LogP contribution in [-0.2, 0) is 49.0 Å². The Kier molecular flexibility index (Phi) is 6.28. The van der Waals surface area contributed by atoms with Crippen molar-refractivity contribution >= 4 is 28.8 Å². The fourth-order valence-electron chi connectivity index (χ4n) is 5.12. The molecule has 2 aliphatic rings. The highest BCUT2D eigenvalue weighted by molar-refractivity contribution is 5.89. The van der Waals surface area contributed by atoms with Crippen LogP contribution in [0.25, 0.3) is 22.3 Å². The standard InChI is InChI=1S/C27H26N2O8/c1-2-27(35)19-12-21-24-17(13-29(21)25(33)18(19)14-37-26(27)34)15(16-6-3-4-7-20(16)28-24)10-11-36-23(32)9-5-8-22(30)31/h3-4,6-7,12,35H,2,5,8-11,13-14H2,1H3,(H,30,31)/t27-/m0/s1. The Bertz CT molecular complexity index is 1510. The predicted octanol–water partition coefficient (Wildman–Crippen LogP) is 2.42. The van der Waals surface area contributed by atoms with Gasteiger partial charge in [-0.05, 0) is 30.5 Å². The highest BCUT2D eigenvalue weighted by Gasteiger charge is 2.45. The number of pyridine rings is 2. The van der Waals surface area contributed by atoms with Gasteiger partial charge < -0.3 is 24.3 Å². The summed E-state index contributed by atoms with van der Waals surface area (Å²) in [5, 5.41) is 20.7. The van der Waals surface area contributed by atoms with Crippen LogP contribution >= 0.6 is 0 Å². The van der Waals surface area contributed by atoms with E-state index in [1.54, 1.807) is 17.6 Å². The van der Waals surface area contributed by atoms with Crippen molar-refractivity contribution in [2.75, 3.05) is 6.61 Å². The summed E-state index contributed by atoms with van der Waals surface area (Å²) in [6.45, 7) is 1.79. The van der Waals surface area contributed by atoms with Gasteiger partial charge in [0.25, 0.3) is 5.56 Å². The molecule has 5 rings (SSSR count). The monoisotopic (exact) mass is 506 g/mol. The van der Waals surface area contributed by atoms with E-state index in [9.17, 15) is 24.3 Å². The van der Waals surface area contributed by atoms with Crippen LogP contribution in [0.2, 0.25) is 0 Å². The zero-order valence-electron chi connectivity index (χ0n) is 20.3. The molecule has 0 radical (unpaired) electrons. The molecule has 3 aromatic rings. The van der Waals surface area contributed by atoms with Crippen LogP contribution in [-0.4, -0.2) is 44.3 Å². The lowest BCUT2D eigenvalue weighted by molar-refractivity contribution is -0.172. The van der Waals surface area contributed by atoms with Gasteiger partial charge in [0.15, 0.2) is 5.60 Å². The fraction of sp³-hybridized carbons (Fsp3) is 0.370. The molecule has 0 saturated heterocycles. The van der Waals surface area contributed by atoms with Gasteiger partial charge in [0.05, 0.1) is 35.6 Å². The molecule has 2 N–H and O–H groups in total. The molecule has 2 aliphatic heterocycles. The summed E-state index contributed by atoms with van der Waals surface area (Å²) < 4.78 is 12.1. The Morgan fingerprint density at radius 2 is 1.97 bits per heavy atom. The topological polar surface area (TPSA) is 145 Å². The normalized spacial score (nSPS) is 17.6. The molecule has 0 unspecified atom stereocenters. The van der Waals surface area contributed by atoms with Gasteiger partial charge in [-0.3, -0.25) is 14.4 Å². The molecule has 4 heterocycles. The molecule has 0 bridgehead atoms. The number of hydrogen-bond donors (Lipinski definition) is 2. The summed E-state index contributed by atoms with van der Waals surface area (Å²) in [5.74, 6) is -2.20. The van der Waals surface area contributed by atoms with Crippen LogP contribution < -0.4 is 5.56 Å². The van der Waals surface area contributed by atoms with Crippen molar-refractivity contribution in [2.45, 2.75) is 57.8 Å². The number of fused-ring (bicyclic) bond motifs is 5. The summed E-state index contributed by atoms with van der Waals surface area (Å²) in [5.41, 5.74) is 1.75. The molecule has 0 amide bonds. The Morgan fingerprint density at radius 1 is 1.19 bits per heavy atom. The van der Waals surface area contributed by atoms with Crippen LogP contribution in [0.4, 0.5) is 0 Å². The van der Waals surface area contributed by atoms with Crippen molar-refractivity contribution in [1.82, 2.24) is 9.55 Å². The van der Waals surface area contributed by atoms with E-state index < -0.39 is 23.5 Å². The van der Waals surface area contributed by atoms with E-state index in [1.165, 1.54) is 0 Å². The maximum Gasteiger partial charge on any atom is 0.343 e. The molecule has 10 nitrogen and oxygen atoms in total. The van der Waals surface area contributed by atoms with Crippen molar-refractivity contribution in [3.05, 3.63) is 62.9 Å². The van der Waals surface area contributed by atoms with Crippen molar-refractivity contribution < 1.29 is 34.1 Å². The van der Waals surface area contributed by atoms with E-state index >= 15 is 0 Å². The number of esters is 2. The van der Waals surface area contributed by atoms with E-state index in [-0.39, 0.29) is 62.1 Å². The number of carboxylic acid groups (broad SMARTS) is 1. The van der Waals surface area contributed by atoms with Crippen LogP contribution in [0.5, 0.6) is 0 Å². The molecule has 1 atom stereocenters. The molecule has 0 spiro atoms. The summed E-state index contributed by atoms with van der Waals surface area (Å²) in [6, 6.07) is 9.19. The van der Waals surface area contributed by atoms with Crippen LogP contribution in [0.15, 0.2) is 35.1 Å². The van der Waals surface area contributed by atoms with Crippen molar-refractivity contribution in [3.63, 3.8) is 0 Å². The average Bonchev–Trinajstić information content (AvgIpc) is 3.24. The summed E-state index contributed by atoms with van der Waals surface area (Å²) in [6.07, 6.45) is 0.566. The van der Waals surface area contributed by atoms with Gasteiger partial charge in [0, 0.05) is 35.8 Å². The summed E-state index contributed by atoms with van der Waals surface area (Å²) in [4.78, 5) is 53.4. The fourth-order valence-corrected chi connectivity index (χ4v) is 5.12. The first-order chi connectivity index (χ1) is 17.7. The Morgan fingerprint density at radius 3 is 2.73 bits per heavy atom. The molecule has 192 valence electrons. The number of benzene rings is 1. The lowest BCUT2D eigenvalue weighted by Gasteiger charge is -2.31. The number of para-hydroxylation sites is 1. The van der Waals surface area contributed by atoms with E-state index in [0.717, 1.165) is 16.5 Å². The second-order valence-corrected chi connectivity index (χ2v) is 9.26. The number of carbonyl (C=O) groups excluding carboxylic acids is 2. The third kappa shape index (κ3) is 4.17. The highest BCUT2D eigenvalue weighted by Crippen LogP contribution is 2.40. The third-order valence-electron chi connectivity index (χ3n) is 7.10. The number of aliphatic carboxylic acids is 1. The summed E-state index contributed by atoms with van der Waals surface area (Å²) >= 11 is 0. The molecule has 0 saturated carbocycles. The predicted molar refractivity (Wildman–Crippen MR) is 131 cm³/mol. The van der Waals surface area contributed by atoms with Crippen molar-refractivity contribution in [1.29, 1.82) is 0 Å². The quantitative estimate of drug-likeness (QED) is 0.344. The lowest BCUT2D eigenvalue weighted by atomic mass is 9.86. The Balaban J connectivity index is 1.52. The molecule has 0 fully saturated rings. The van der Waals surface area contributed by atoms with Crippen LogP contribution in [0.3, 0.4) is 0 Å². The molecule has 2 aromatic heterocycles. The molecule has 1 aromatic carbocycles. The molecular weight excluding hydrogens is 480 g/mol. The second-order valence-electron chi connectivity index (χ2n) is 9.26. The minimum Gasteiger partial charge on any atom is -0.481 e. The van der Waals surface area contributed by atoms with Gasteiger partial charge in [-0.1, -0.05) is 25.1 Å². The first-order valence-electron chi connectivity index (χ1n) is 12.2. The third-order valence-corrected chi connectivity index (χ3v) is 7.10. The number of hydrogen-bond acceptors (Lipinski definition) is 8. The first-order valence-corrected chi connectivity index (χ1v) is 12.2. The first kappa shape index (κ1) is 24.6. The minimum absolute atomic E-state index is 0.0228. The van der Waals surface area contributed by atoms with E-state index in [4.69, 9.17) is 19.6 Å². The number of cyclic esters (lactones) is 1. The van der Waals surface area contributed by atoms with Crippen molar-refractivity contribution in [3.8, 4) is 11.4 Å². The van der Waals surface area contributed by atoms with Gasteiger partial charge in [-0.25, -0.2) is 9.78 Å². The zero-order chi connectivity index (χ0) is 26.3. The number of aromatic nitrogens is 2. The van der Waals surface area contributed by atoms with E-state index in [1.807, 2.05) is 24.3 Å². The van der Waals surface area contributed by atoms with Gasteiger partial charge in [-0.15, -0.1) is 0 Å². The largest absolute Gasteiger partial charge is 0.481 e. The number of aliphatic hydroxyl groups is 1. The molecule has 10 heteroatoms. The summed E-state index contributed by atoms with van der Waals surface area (Å²) in [7, 11) is 0.